The fourth-order valence-electron chi connectivity index (χ4n) is 3.09. The van der Waals surface area contributed by atoms with Crippen LogP contribution in [0.1, 0.15) is 0 Å². The Balaban J connectivity index is 1.68. The number of amides is 1. The number of hydrogen-bond donors (Lipinski definition) is 1. The van der Waals surface area contributed by atoms with Gasteiger partial charge in [0.25, 0.3) is 5.56 Å². The summed E-state index contributed by atoms with van der Waals surface area (Å²) in [5.41, 5.74) is 1.38. The summed E-state index contributed by atoms with van der Waals surface area (Å²) < 4.78 is 6.78. The number of ether oxygens (including phenoxy) is 1. The highest BCUT2D eigenvalue weighted by Gasteiger charge is 2.16. The largest absolute Gasteiger partial charge is 0.497 e. The maximum absolute atomic E-state index is 13.3. The number of halogens is 2. The number of anilines is 1. The maximum atomic E-state index is 13.3. The van der Waals surface area contributed by atoms with Crippen molar-refractivity contribution >= 4 is 57.5 Å². The predicted octanol–water partition coefficient (Wildman–Crippen LogP) is 5.43. The molecule has 3 aromatic carbocycles. The van der Waals surface area contributed by atoms with Crippen molar-refractivity contribution in [3.63, 3.8) is 0 Å². The predicted molar refractivity (Wildman–Crippen MR) is 130 cm³/mol. The van der Waals surface area contributed by atoms with Crippen molar-refractivity contribution in [3.05, 3.63) is 87.1 Å². The Labute approximate surface area is 198 Å². The highest BCUT2D eigenvalue weighted by molar-refractivity contribution is 7.99. The average molecular weight is 486 g/mol. The van der Waals surface area contributed by atoms with Gasteiger partial charge in [0.05, 0.1) is 40.2 Å². The number of benzene rings is 3. The molecule has 4 rings (SSSR count). The Morgan fingerprint density at radius 2 is 1.91 bits per heavy atom. The van der Waals surface area contributed by atoms with Crippen molar-refractivity contribution in [3.8, 4) is 11.4 Å². The molecule has 0 spiro atoms. The van der Waals surface area contributed by atoms with Crippen molar-refractivity contribution in [2.24, 2.45) is 0 Å². The number of methoxy groups -OCH3 is 1. The molecule has 6 nitrogen and oxygen atoms in total. The molecule has 0 fully saturated rings. The van der Waals surface area contributed by atoms with Crippen LogP contribution in [0.3, 0.4) is 0 Å². The molecule has 0 saturated heterocycles. The molecule has 162 valence electrons. The van der Waals surface area contributed by atoms with Crippen LogP contribution < -0.4 is 15.6 Å². The standard InChI is InChI=1S/C23H17Cl2N3O3S/c1-31-16-6-4-5-15(12-16)28-22(30)17-7-2-3-8-19(17)27-23(28)32-13-21(29)26-20-10-9-14(24)11-18(20)25/h2-12H,13H2,1H3,(H,26,29). The van der Waals surface area contributed by atoms with E-state index in [1.54, 1.807) is 67.8 Å². The monoisotopic (exact) mass is 485 g/mol. The normalized spacial score (nSPS) is 10.8. The van der Waals surface area contributed by atoms with Crippen molar-refractivity contribution in [2.45, 2.75) is 5.16 Å². The van der Waals surface area contributed by atoms with Crippen LogP contribution in [0.4, 0.5) is 5.69 Å². The van der Waals surface area contributed by atoms with Gasteiger partial charge in [-0.15, -0.1) is 0 Å². The zero-order valence-electron chi connectivity index (χ0n) is 16.8. The van der Waals surface area contributed by atoms with Crippen LogP contribution in [0.5, 0.6) is 5.75 Å². The van der Waals surface area contributed by atoms with Gasteiger partial charge >= 0.3 is 0 Å². The van der Waals surface area contributed by atoms with E-state index in [2.05, 4.69) is 10.3 Å². The minimum atomic E-state index is -0.293. The Morgan fingerprint density at radius 1 is 1.09 bits per heavy atom. The highest BCUT2D eigenvalue weighted by atomic mass is 35.5. The van der Waals surface area contributed by atoms with Crippen LogP contribution in [-0.4, -0.2) is 28.3 Å². The Bertz CT molecular complexity index is 1370. The molecule has 1 aromatic heterocycles. The maximum Gasteiger partial charge on any atom is 0.266 e. The van der Waals surface area contributed by atoms with Gasteiger partial charge in [-0.25, -0.2) is 4.98 Å². The third-order valence-electron chi connectivity index (χ3n) is 4.59. The number of nitrogens with one attached hydrogen (secondary N) is 1. The Hall–Kier alpha value is -3.00. The topological polar surface area (TPSA) is 73.2 Å². The smallest absolute Gasteiger partial charge is 0.266 e. The van der Waals surface area contributed by atoms with Gasteiger partial charge in [-0.2, -0.15) is 0 Å². The van der Waals surface area contributed by atoms with E-state index >= 15 is 0 Å². The molecule has 0 aliphatic rings. The first-order chi connectivity index (χ1) is 15.5. The fraction of sp³-hybridized carbons (Fsp3) is 0.0870. The number of aromatic nitrogens is 2. The van der Waals surface area contributed by atoms with Gasteiger partial charge < -0.3 is 10.1 Å². The summed E-state index contributed by atoms with van der Waals surface area (Å²) >= 11 is 13.2. The molecule has 1 heterocycles. The molecule has 0 radical (unpaired) electrons. The van der Waals surface area contributed by atoms with E-state index in [-0.39, 0.29) is 17.2 Å². The summed E-state index contributed by atoms with van der Waals surface area (Å²) in [4.78, 5) is 30.5. The summed E-state index contributed by atoms with van der Waals surface area (Å²) in [5.74, 6) is 0.334. The molecule has 1 amide bonds. The van der Waals surface area contributed by atoms with E-state index in [9.17, 15) is 9.59 Å². The zero-order chi connectivity index (χ0) is 22.7. The van der Waals surface area contributed by atoms with Crippen LogP contribution in [0, 0.1) is 0 Å². The third-order valence-corrected chi connectivity index (χ3v) is 6.08. The molecule has 0 atom stereocenters. The number of nitrogens with zero attached hydrogens (tertiary/aromatic N) is 2. The summed E-state index contributed by atoms with van der Waals surface area (Å²) in [7, 11) is 1.56. The van der Waals surface area contributed by atoms with E-state index in [4.69, 9.17) is 27.9 Å². The average Bonchev–Trinajstić information content (AvgIpc) is 2.79. The van der Waals surface area contributed by atoms with Gasteiger partial charge in [-0.1, -0.05) is 53.2 Å². The van der Waals surface area contributed by atoms with E-state index < -0.39 is 0 Å². The van der Waals surface area contributed by atoms with Gasteiger partial charge in [0, 0.05) is 11.1 Å². The number of para-hydroxylation sites is 1. The molecule has 1 N–H and O–H groups in total. The van der Waals surface area contributed by atoms with Crippen molar-refractivity contribution in [2.75, 3.05) is 18.2 Å². The summed E-state index contributed by atoms with van der Waals surface area (Å²) in [5, 5.41) is 4.44. The molecule has 0 unspecified atom stereocenters. The summed E-state index contributed by atoms with van der Waals surface area (Å²) in [6.07, 6.45) is 0. The number of rotatable bonds is 6. The van der Waals surface area contributed by atoms with Crippen molar-refractivity contribution in [1.82, 2.24) is 9.55 Å². The fourth-order valence-corrected chi connectivity index (χ4v) is 4.36. The molecule has 0 aliphatic carbocycles. The second kappa shape index (κ2) is 9.65. The minimum Gasteiger partial charge on any atom is -0.497 e. The number of carbonyl (C=O) groups is 1. The van der Waals surface area contributed by atoms with Crippen molar-refractivity contribution < 1.29 is 9.53 Å². The molecule has 4 aromatic rings. The first kappa shape index (κ1) is 22.2. The van der Waals surface area contributed by atoms with Gasteiger partial charge in [0.2, 0.25) is 5.91 Å². The summed E-state index contributed by atoms with van der Waals surface area (Å²) in [6.45, 7) is 0. The number of thioether (sulfide) groups is 1. The number of hydrogen-bond acceptors (Lipinski definition) is 5. The van der Waals surface area contributed by atoms with Crippen molar-refractivity contribution in [1.29, 1.82) is 0 Å². The number of carbonyl (C=O) groups excluding carboxylic acids is 1. The van der Waals surface area contributed by atoms with Crippen LogP contribution in [-0.2, 0) is 4.79 Å². The van der Waals surface area contributed by atoms with Crippen LogP contribution >= 0.6 is 35.0 Å². The van der Waals surface area contributed by atoms with Gasteiger partial charge in [0.15, 0.2) is 5.16 Å². The summed E-state index contributed by atoms with van der Waals surface area (Å²) in [6, 6.07) is 19.0. The molecule has 32 heavy (non-hydrogen) atoms. The Kier molecular flexibility index (Phi) is 6.69. The number of fused-ring (bicyclic) bond motifs is 1. The van der Waals surface area contributed by atoms with Gasteiger partial charge in [-0.05, 0) is 42.5 Å². The minimum absolute atomic E-state index is 0.0215. The molecular weight excluding hydrogens is 469 g/mol. The SMILES string of the molecule is COc1cccc(-n2c(SCC(=O)Nc3ccc(Cl)cc3Cl)nc3ccccc3c2=O)c1. The van der Waals surface area contributed by atoms with E-state index in [0.29, 0.717) is 43.2 Å². The molecule has 0 aliphatic heterocycles. The molecule has 0 saturated carbocycles. The molecule has 9 heteroatoms. The Morgan fingerprint density at radius 3 is 2.69 bits per heavy atom. The first-order valence-corrected chi connectivity index (χ1v) is 11.2. The molecule has 0 bridgehead atoms. The lowest BCUT2D eigenvalue weighted by Gasteiger charge is -2.14. The molecular formula is C23H17Cl2N3O3S. The first-order valence-electron chi connectivity index (χ1n) is 9.50. The zero-order valence-corrected chi connectivity index (χ0v) is 19.2. The lowest BCUT2D eigenvalue weighted by molar-refractivity contribution is -0.113. The highest BCUT2D eigenvalue weighted by Crippen LogP contribution is 2.27. The van der Waals surface area contributed by atoms with E-state index in [1.165, 1.54) is 4.57 Å². The van der Waals surface area contributed by atoms with E-state index in [1.807, 2.05) is 6.07 Å². The van der Waals surface area contributed by atoms with Crippen LogP contribution in [0.2, 0.25) is 10.0 Å². The van der Waals surface area contributed by atoms with Crippen LogP contribution in [0.25, 0.3) is 16.6 Å². The second-order valence-electron chi connectivity index (χ2n) is 6.71. The lowest BCUT2D eigenvalue weighted by atomic mass is 10.2. The van der Waals surface area contributed by atoms with Gasteiger partial charge in [-0.3, -0.25) is 14.2 Å². The lowest BCUT2D eigenvalue weighted by Crippen LogP contribution is -2.23. The van der Waals surface area contributed by atoms with Gasteiger partial charge in [0.1, 0.15) is 5.75 Å². The second-order valence-corrected chi connectivity index (χ2v) is 8.50. The third kappa shape index (κ3) is 4.75. The quantitative estimate of drug-likeness (QED) is 0.291. The van der Waals surface area contributed by atoms with Crippen LogP contribution in [0.15, 0.2) is 76.7 Å². The van der Waals surface area contributed by atoms with E-state index in [0.717, 1.165) is 11.8 Å².